The summed E-state index contributed by atoms with van der Waals surface area (Å²) in [5, 5.41) is 23.8. The smallest absolute Gasteiger partial charge is 0.444 e. The average Bonchev–Trinajstić information content (AvgIpc) is 2.66. The number of hydrogen-bond donors (Lipinski definition) is 5. The van der Waals surface area contributed by atoms with Crippen molar-refractivity contribution >= 4 is 30.5 Å². The zero-order chi connectivity index (χ0) is 23.2. The van der Waals surface area contributed by atoms with Crippen LogP contribution >= 0.6 is 0 Å². The zero-order valence-corrected chi connectivity index (χ0v) is 18.3. The van der Waals surface area contributed by atoms with Crippen molar-refractivity contribution in [3.05, 3.63) is 29.8 Å². The summed E-state index contributed by atoms with van der Waals surface area (Å²) in [6.45, 7) is 5.22. The third kappa shape index (κ3) is 7.25. The third-order valence-electron chi connectivity index (χ3n) is 5.25. The molecule has 9 nitrogen and oxygen atoms in total. The highest BCUT2D eigenvalue weighted by Gasteiger charge is 2.43. The van der Waals surface area contributed by atoms with E-state index in [0.29, 0.717) is 23.9 Å². The Balaban J connectivity index is 2.14. The van der Waals surface area contributed by atoms with Crippen LogP contribution in [0.3, 0.4) is 0 Å². The highest BCUT2D eigenvalue weighted by atomic mass is 16.6. The highest BCUT2D eigenvalue weighted by Crippen LogP contribution is 2.29. The normalized spacial score (nSPS) is 16.7. The number of hydrogen-bond acceptors (Lipinski definition) is 6. The van der Waals surface area contributed by atoms with Gasteiger partial charge in [-0.05, 0) is 44.6 Å². The number of carbonyl (C=O) groups excluding carboxylic acids is 3. The number of rotatable bonds is 7. The number of ether oxygens (including phenoxy) is 1. The monoisotopic (exact) mass is 433 g/mol. The molecule has 0 radical (unpaired) electrons. The fourth-order valence-corrected chi connectivity index (χ4v) is 3.64. The Morgan fingerprint density at radius 1 is 1.13 bits per heavy atom. The second-order valence-corrected chi connectivity index (χ2v) is 9.02. The van der Waals surface area contributed by atoms with E-state index in [1.54, 1.807) is 32.9 Å². The number of primary amides is 1. The predicted octanol–water partition coefficient (Wildman–Crippen LogP) is 0.107. The van der Waals surface area contributed by atoms with Crippen molar-refractivity contribution in [2.45, 2.75) is 76.5 Å². The van der Waals surface area contributed by atoms with E-state index in [4.69, 9.17) is 10.5 Å². The first kappa shape index (κ1) is 24.7. The molecule has 3 amide bonds. The number of benzene rings is 1. The van der Waals surface area contributed by atoms with Gasteiger partial charge in [0.2, 0.25) is 11.8 Å². The lowest BCUT2D eigenvalue weighted by molar-refractivity contribution is -0.133. The minimum Gasteiger partial charge on any atom is -0.444 e. The van der Waals surface area contributed by atoms with Crippen molar-refractivity contribution in [3.8, 4) is 0 Å². The molecule has 1 aromatic carbocycles. The van der Waals surface area contributed by atoms with Crippen LogP contribution in [0.25, 0.3) is 0 Å². The summed E-state index contributed by atoms with van der Waals surface area (Å²) in [5.41, 5.74) is 4.64. The fourth-order valence-electron chi connectivity index (χ4n) is 3.64. The number of nitrogens with one attached hydrogen (secondary N) is 2. The molecule has 6 N–H and O–H groups in total. The molecule has 0 spiro atoms. The van der Waals surface area contributed by atoms with Crippen molar-refractivity contribution in [1.29, 1.82) is 0 Å². The van der Waals surface area contributed by atoms with Crippen LogP contribution in [0.15, 0.2) is 24.3 Å². The minimum atomic E-state index is -1.59. The average molecular weight is 433 g/mol. The van der Waals surface area contributed by atoms with E-state index < -0.39 is 42.2 Å². The molecule has 1 atom stereocenters. The van der Waals surface area contributed by atoms with E-state index in [9.17, 15) is 24.4 Å². The molecule has 31 heavy (non-hydrogen) atoms. The van der Waals surface area contributed by atoms with Crippen LogP contribution < -0.4 is 21.8 Å². The Labute approximate surface area is 182 Å². The van der Waals surface area contributed by atoms with Gasteiger partial charge < -0.3 is 31.2 Å². The van der Waals surface area contributed by atoms with Gasteiger partial charge >= 0.3 is 13.2 Å². The second-order valence-electron chi connectivity index (χ2n) is 9.02. The maximum absolute atomic E-state index is 13.2. The number of amides is 3. The van der Waals surface area contributed by atoms with E-state index in [-0.39, 0.29) is 6.42 Å². The summed E-state index contributed by atoms with van der Waals surface area (Å²) < 4.78 is 5.33. The molecule has 2 rings (SSSR count). The molecule has 0 aromatic heterocycles. The van der Waals surface area contributed by atoms with Gasteiger partial charge in [0.05, 0.1) is 0 Å². The van der Waals surface area contributed by atoms with Crippen molar-refractivity contribution in [1.82, 2.24) is 10.6 Å². The van der Waals surface area contributed by atoms with Crippen LogP contribution in [0.2, 0.25) is 0 Å². The molecule has 1 saturated carbocycles. The lowest BCUT2D eigenvalue weighted by Gasteiger charge is -2.37. The molecule has 1 aliphatic carbocycles. The molecule has 10 heteroatoms. The molecule has 170 valence electrons. The van der Waals surface area contributed by atoms with Crippen LogP contribution in [-0.4, -0.2) is 52.3 Å². The van der Waals surface area contributed by atoms with E-state index in [1.807, 2.05) is 0 Å². The van der Waals surface area contributed by atoms with Gasteiger partial charge in [-0.3, -0.25) is 9.59 Å². The maximum Gasteiger partial charge on any atom is 0.488 e. The second kappa shape index (κ2) is 10.1. The van der Waals surface area contributed by atoms with Crippen molar-refractivity contribution in [2.24, 2.45) is 5.73 Å². The molecule has 1 aliphatic rings. The predicted molar refractivity (Wildman–Crippen MR) is 116 cm³/mol. The van der Waals surface area contributed by atoms with Gasteiger partial charge in [-0.1, -0.05) is 43.5 Å². The van der Waals surface area contributed by atoms with Crippen molar-refractivity contribution in [3.63, 3.8) is 0 Å². The number of carbonyl (C=O) groups is 3. The Morgan fingerprint density at radius 2 is 1.71 bits per heavy atom. The van der Waals surface area contributed by atoms with Gasteiger partial charge in [0.15, 0.2) is 0 Å². The quantitative estimate of drug-likeness (QED) is 0.385. The van der Waals surface area contributed by atoms with Crippen LogP contribution in [0, 0.1) is 0 Å². The Morgan fingerprint density at radius 3 is 2.19 bits per heavy atom. The van der Waals surface area contributed by atoms with Crippen LogP contribution in [0.5, 0.6) is 0 Å². The lowest BCUT2D eigenvalue weighted by atomic mass is 9.79. The molecule has 0 unspecified atom stereocenters. The van der Waals surface area contributed by atoms with Gasteiger partial charge in [0, 0.05) is 6.42 Å². The first-order valence-electron chi connectivity index (χ1n) is 10.5. The summed E-state index contributed by atoms with van der Waals surface area (Å²) in [5.74, 6) is -1.17. The van der Waals surface area contributed by atoms with E-state index in [0.717, 1.165) is 19.3 Å². The van der Waals surface area contributed by atoms with Crippen LogP contribution in [-0.2, 0) is 20.7 Å². The van der Waals surface area contributed by atoms with E-state index >= 15 is 0 Å². The van der Waals surface area contributed by atoms with Gasteiger partial charge in [-0.25, -0.2) is 4.79 Å². The largest absolute Gasteiger partial charge is 0.488 e. The molecule has 1 fully saturated rings. The standard InChI is InChI=1S/C21H32BN3O6/c1-20(2,3)31-19(28)25-21(11-5-4-6-12-21)18(27)24-16(17(23)26)13-14-7-9-15(10-8-14)22(29)30/h7-10,16,29-30H,4-6,11-13H2,1-3H3,(H2,23,26)(H,24,27)(H,25,28)/t16-/m0/s1. The Bertz CT molecular complexity index is 785. The highest BCUT2D eigenvalue weighted by molar-refractivity contribution is 6.58. The van der Waals surface area contributed by atoms with E-state index in [2.05, 4.69) is 10.6 Å². The summed E-state index contributed by atoms with van der Waals surface area (Å²) in [7, 11) is -1.59. The fraction of sp³-hybridized carbons (Fsp3) is 0.571. The third-order valence-corrected chi connectivity index (χ3v) is 5.25. The zero-order valence-electron chi connectivity index (χ0n) is 18.3. The number of alkyl carbamates (subject to hydrolysis) is 1. The molecule has 0 aliphatic heterocycles. The Hall–Kier alpha value is -2.59. The van der Waals surface area contributed by atoms with Gasteiger partial charge in [-0.15, -0.1) is 0 Å². The van der Waals surface area contributed by atoms with E-state index in [1.165, 1.54) is 12.1 Å². The molecular formula is C21H32BN3O6. The van der Waals surface area contributed by atoms with Crippen molar-refractivity contribution < 1.29 is 29.2 Å². The molecule has 0 heterocycles. The summed E-state index contributed by atoms with van der Waals surface area (Å²) in [6, 6.07) is 5.31. The molecule has 0 saturated heterocycles. The van der Waals surface area contributed by atoms with Gasteiger partial charge in [0.1, 0.15) is 17.2 Å². The summed E-state index contributed by atoms with van der Waals surface area (Å²) in [6.07, 6.45) is 2.79. The maximum atomic E-state index is 13.2. The lowest BCUT2D eigenvalue weighted by Crippen LogP contribution is -2.63. The van der Waals surface area contributed by atoms with Gasteiger partial charge in [0.25, 0.3) is 0 Å². The Kier molecular flexibility index (Phi) is 8.08. The summed E-state index contributed by atoms with van der Waals surface area (Å²) >= 11 is 0. The molecule has 0 bridgehead atoms. The van der Waals surface area contributed by atoms with Crippen molar-refractivity contribution in [2.75, 3.05) is 0 Å². The van der Waals surface area contributed by atoms with Crippen LogP contribution in [0.4, 0.5) is 4.79 Å². The van der Waals surface area contributed by atoms with Gasteiger partial charge in [-0.2, -0.15) is 0 Å². The first-order valence-corrected chi connectivity index (χ1v) is 10.5. The molecular weight excluding hydrogens is 401 g/mol. The van der Waals surface area contributed by atoms with Crippen LogP contribution in [0.1, 0.15) is 58.4 Å². The first-order chi connectivity index (χ1) is 14.4. The number of nitrogens with two attached hydrogens (primary N) is 1. The molecule has 1 aromatic rings. The SMILES string of the molecule is CC(C)(C)OC(=O)NC1(C(=O)N[C@@H](Cc2ccc(B(O)O)cc2)C(N)=O)CCCCC1. The minimum absolute atomic E-state index is 0.130. The topological polar surface area (TPSA) is 151 Å². The summed E-state index contributed by atoms with van der Waals surface area (Å²) in [4.78, 5) is 37.6.